The molecule has 0 bridgehead atoms. The molecule has 0 atom stereocenters. The van der Waals surface area contributed by atoms with E-state index in [0.29, 0.717) is 17.1 Å². The summed E-state index contributed by atoms with van der Waals surface area (Å²) in [6, 6.07) is 6.99. The second-order valence-electron chi connectivity index (χ2n) is 3.43. The van der Waals surface area contributed by atoms with Crippen LogP contribution in [-0.2, 0) is 0 Å². The average molecular weight is 229 g/mol. The van der Waals surface area contributed by atoms with Crippen LogP contribution in [0.25, 0.3) is 0 Å². The molecule has 1 aromatic carbocycles. The highest BCUT2D eigenvalue weighted by Crippen LogP contribution is 2.24. The first-order chi connectivity index (χ1) is 8.16. The Hall–Kier alpha value is -2.43. The van der Waals surface area contributed by atoms with Crippen molar-refractivity contribution in [1.29, 1.82) is 0 Å². The molecule has 0 unspecified atom stereocenters. The predicted molar refractivity (Wildman–Crippen MR) is 63.0 cm³/mol. The minimum absolute atomic E-state index is 0.0584. The third kappa shape index (κ3) is 2.57. The SMILES string of the molecule is CC(=O)c1ccccc1Oc1cnc(N)nc1. The van der Waals surface area contributed by atoms with Crippen LogP contribution in [0.15, 0.2) is 36.7 Å². The van der Waals surface area contributed by atoms with E-state index in [0.717, 1.165) is 0 Å². The monoisotopic (exact) mass is 229 g/mol. The first kappa shape index (κ1) is 11.1. The molecule has 0 aliphatic heterocycles. The third-order valence-electron chi connectivity index (χ3n) is 2.14. The molecule has 1 heterocycles. The minimum atomic E-state index is -0.0584. The summed E-state index contributed by atoms with van der Waals surface area (Å²) in [5, 5.41) is 0. The Morgan fingerprint density at radius 3 is 2.53 bits per heavy atom. The van der Waals surface area contributed by atoms with Crippen molar-refractivity contribution in [2.75, 3.05) is 5.73 Å². The summed E-state index contributed by atoms with van der Waals surface area (Å²) < 4.78 is 5.52. The molecule has 0 fully saturated rings. The van der Waals surface area contributed by atoms with Crippen LogP contribution in [-0.4, -0.2) is 15.8 Å². The van der Waals surface area contributed by atoms with Crippen molar-refractivity contribution >= 4 is 11.7 Å². The quantitative estimate of drug-likeness (QED) is 0.815. The van der Waals surface area contributed by atoms with Crippen LogP contribution in [0.5, 0.6) is 11.5 Å². The third-order valence-corrected chi connectivity index (χ3v) is 2.14. The number of hydrogen-bond acceptors (Lipinski definition) is 5. The van der Waals surface area contributed by atoms with Crippen molar-refractivity contribution < 1.29 is 9.53 Å². The van der Waals surface area contributed by atoms with Crippen molar-refractivity contribution in [3.8, 4) is 11.5 Å². The number of carbonyl (C=O) groups is 1. The lowest BCUT2D eigenvalue weighted by Gasteiger charge is -2.08. The maximum Gasteiger partial charge on any atom is 0.220 e. The number of hydrogen-bond donors (Lipinski definition) is 1. The highest BCUT2D eigenvalue weighted by atomic mass is 16.5. The number of ether oxygens (including phenoxy) is 1. The molecular formula is C12H11N3O2. The molecule has 86 valence electrons. The summed E-state index contributed by atoms with van der Waals surface area (Å²) >= 11 is 0. The standard InChI is InChI=1S/C12H11N3O2/c1-8(16)10-4-2-3-5-11(10)17-9-6-14-12(13)15-7-9/h2-7H,1H3,(H2,13,14,15). The van der Waals surface area contributed by atoms with Crippen LogP contribution in [0.2, 0.25) is 0 Å². The van der Waals surface area contributed by atoms with Crippen molar-refractivity contribution in [1.82, 2.24) is 9.97 Å². The van der Waals surface area contributed by atoms with E-state index >= 15 is 0 Å². The maximum atomic E-state index is 11.4. The van der Waals surface area contributed by atoms with Gasteiger partial charge in [-0.3, -0.25) is 4.79 Å². The Bertz CT molecular complexity index is 538. The van der Waals surface area contributed by atoms with E-state index in [1.807, 2.05) is 0 Å². The number of carbonyl (C=O) groups excluding carboxylic acids is 1. The van der Waals surface area contributed by atoms with Crippen LogP contribution in [0, 0.1) is 0 Å². The van der Waals surface area contributed by atoms with Crippen LogP contribution >= 0.6 is 0 Å². The zero-order valence-electron chi connectivity index (χ0n) is 9.25. The molecule has 2 N–H and O–H groups in total. The number of nitrogens with two attached hydrogens (primary N) is 1. The Morgan fingerprint density at radius 1 is 1.24 bits per heavy atom. The lowest BCUT2D eigenvalue weighted by molar-refractivity contribution is 0.101. The van der Waals surface area contributed by atoms with E-state index in [2.05, 4.69) is 9.97 Å². The predicted octanol–water partition coefficient (Wildman–Crippen LogP) is 2.05. The van der Waals surface area contributed by atoms with Gasteiger partial charge in [0.05, 0.1) is 18.0 Å². The Morgan fingerprint density at radius 2 is 1.88 bits per heavy atom. The van der Waals surface area contributed by atoms with Crippen LogP contribution in [0.3, 0.4) is 0 Å². The number of rotatable bonds is 3. The highest BCUT2D eigenvalue weighted by molar-refractivity contribution is 5.96. The smallest absolute Gasteiger partial charge is 0.220 e. The molecule has 0 aliphatic carbocycles. The molecular weight excluding hydrogens is 218 g/mol. The van der Waals surface area contributed by atoms with E-state index in [1.165, 1.54) is 19.3 Å². The number of nitrogen functional groups attached to an aromatic ring is 1. The average Bonchev–Trinajstić information content (AvgIpc) is 2.32. The van der Waals surface area contributed by atoms with Crippen LogP contribution < -0.4 is 10.5 Å². The Balaban J connectivity index is 2.30. The lowest BCUT2D eigenvalue weighted by atomic mass is 10.1. The number of para-hydroxylation sites is 1. The highest BCUT2D eigenvalue weighted by Gasteiger charge is 2.08. The molecule has 0 aliphatic rings. The molecule has 2 rings (SSSR count). The van der Waals surface area contributed by atoms with Crippen LogP contribution in [0.4, 0.5) is 5.95 Å². The first-order valence-corrected chi connectivity index (χ1v) is 5.02. The minimum Gasteiger partial charge on any atom is -0.453 e. The fourth-order valence-electron chi connectivity index (χ4n) is 1.35. The second-order valence-corrected chi connectivity index (χ2v) is 3.43. The number of ketones is 1. The van der Waals surface area contributed by atoms with E-state index in [-0.39, 0.29) is 11.7 Å². The van der Waals surface area contributed by atoms with Gasteiger partial charge in [-0.25, -0.2) is 9.97 Å². The largest absolute Gasteiger partial charge is 0.453 e. The molecule has 0 amide bonds. The van der Waals surface area contributed by atoms with Gasteiger partial charge in [0.25, 0.3) is 0 Å². The van der Waals surface area contributed by atoms with E-state index in [9.17, 15) is 4.79 Å². The summed E-state index contributed by atoms with van der Waals surface area (Å²) in [4.78, 5) is 19.0. The van der Waals surface area contributed by atoms with Gasteiger partial charge in [0.15, 0.2) is 11.5 Å². The fraction of sp³-hybridized carbons (Fsp3) is 0.0833. The van der Waals surface area contributed by atoms with Crippen molar-refractivity contribution in [2.45, 2.75) is 6.92 Å². The second kappa shape index (κ2) is 4.61. The molecule has 0 spiro atoms. The lowest BCUT2D eigenvalue weighted by Crippen LogP contribution is -1.98. The molecule has 5 nitrogen and oxygen atoms in total. The Kier molecular flexibility index (Phi) is 3.00. The van der Waals surface area contributed by atoms with Gasteiger partial charge in [0.1, 0.15) is 5.75 Å². The number of aromatic nitrogens is 2. The number of Topliss-reactive ketones (excluding diaryl/α,β-unsaturated/α-hetero) is 1. The summed E-state index contributed by atoms with van der Waals surface area (Å²) in [6.45, 7) is 1.49. The van der Waals surface area contributed by atoms with Crippen molar-refractivity contribution in [3.63, 3.8) is 0 Å². The van der Waals surface area contributed by atoms with E-state index < -0.39 is 0 Å². The van der Waals surface area contributed by atoms with Crippen molar-refractivity contribution in [3.05, 3.63) is 42.2 Å². The summed E-state index contributed by atoms with van der Waals surface area (Å²) in [7, 11) is 0. The summed E-state index contributed by atoms with van der Waals surface area (Å²) in [5.74, 6) is 1.04. The van der Waals surface area contributed by atoms with Gasteiger partial charge in [-0.15, -0.1) is 0 Å². The van der Waals surface area contributed by atoms with Gasteiger partial charge < -0.3 is 10.5 Å². The first-order valence-electron chi connectivity index (χ1n) is 5.02. The van der Waals surface area contributed by atoms with Gasteiger partial charge >= 0.3 is 0 Å². The van der Waals surface area contributed by atoms with Gasteiger partial charge in [0.2, 0.25) is 5.95 Å². The molecule has 0 saturated heterocycles. The number of nitrogens with zero attached hydrogens (tertiary/aromatic N) is 2. The topological polar surface area (TPSA) is 78.1 Å². The zero-order valence-corrected chi connectivity index (χ0v) is 9.25. The van der Waals surface area contributed by atoms with Crippen molar-refractivity contribution in [2.24, 2.45) is 0 Å². The fourth-order valence-corrected chi connectivity index (χ4v) is 1.35. The molecule has 0 saturated carbocycles. The molecule has 5 heteroatoms. The van der Waals surface area contributed by atoms with E-state index in [1.54, 1.807) is 24.3 Å². The molecule has 1 aromatic heterocycles. The number of anilines is 1. The van der Waals surface area contributed by atoms with Gasteiger partial charge in [-0.2, -0.15) is 0 Å². The summed E-state index contributed by atoms with van der Waals surface area (Å²) in [5.41, 5.74) is 5.88. The normalized spacial score (nSPS) is 9.94. The number of benzene rings is 1. The van der Waals surface area contributed by atoms with Gasteiger partial charge in [-0.1, -0.05) is 12.1 Å². The molecule has 2 aromatic rings. The summed E-state index contributed by atoms with van der Waals surface area (Å²) in [6.07, 6.45) is 2.92. The Labute approximate surface area is 98.3 Å². The zero-order chi connectivity index (χ0) is 12.3. The maximum absolute atomic E-state index is 11.4. The van der Waals surface area contributed by atoms with E-state index in [4.69, 9.17) is 10.5 Å². The molecule has 17 heavy (non-hydrogen) atoms. The molecule has 0 radical (unpaired) electrons. The van der Waals surface area contributed by atoms with Gasteiger partial charge in [0, 0.05) is 0 Å². The van der Waals surface area contributed by atoms with Crippen LogP contribution in [0.1, 0.15) is 17.3 Å². The van der Waals surface area contributed by atoms with Gasteiger partial charge in [-0.05, 0) is 19.1 Å².